The monoisotopic (exact) mass is 249 g/mol. The van der Waals surface area contributed by atoms with Crippen LogP contribution in [0.3, 0.4) is 0 Å². The van der Waals surface area contributed by atoms with Crippen molar-refractivity contribution in [3.05, 3.63) is 23.1 Å². The second-order valence-electron chi connectivity index (χ2n) is 4.15. The molecule has 0 aliphatic heterocycles. The van der Waals surface area contributed by atoms with Crippen LogP contribution in [0.2, 0.25) is 0 Å². The fraction of sp³-hybridized carbons (Fsp3) is 0.364. The fourth-order valence-electron chi connectivity index (χ4n) is 1.82. The standard InChI is InChI=1S/C11H11N3O2S/c1-6-9(11(15)16)13-10(17-6)8-4-12-5-14(8)7-2-3-7/h4-5,7H,2-3H2,1H3,(H,15,16). The lowest BCUT2D eigenvalue weighted by Gasteiger charge is -2.02. The van der Waals surface area contributed by atoms with Crippen molar-refractivity contribution in [1.29, 1.82) is 0 Å². The maximum atomic E-state index is 11.0. The molecular formula is C11H11N3O2S. The van der Waals surface area contributed by atoms with E-state index >= 15 is 0 Å². The molecule has 0 atom stereocenters. The number of thiazole rings is 1. The molecular weight excluding hydrogens is 238 g/mol. The highest BCUT2D eigenvalue weighted by atomic mass is 32.1. The van der Waals surface area contributed by atoms with Gasteiger partial charge in [0.15, 0.2) is 5.69 Å². The van der Waals surface area contributed by atoms with Crippen molar-refractivity contribution in [2.75, 3.05) is 0 Å². The number of hydrogen-bond acceptors (Lipinski definition) is 4. The lowest BCUT2D eigenvalue weighted by atomic mass is 10.4. The quantitative estimate of drug-likeness (QED) is 0.906. The van der Waals surface area contributed by atoms with Gasteiger partial charge in [-0.3, -0.25) is 0 Å². The van der Waals surface area contributed by atoms with Gasteiger partial charge in [-0.15, -0.1) is 11.3 Å². The number of imidazole rings is 1. The molecule has 0 spiro atoms. The predicted molar refractivity (Wildman–Crippen MR) is 63.3 cm³/mol. The van der Waals surface area contributed by atoms with Gasteiger partial charge in [0.25, 0.3) is 0 Å². The minimum absolute atomic E-state index is 0.147. The van der Waals surface area contributed by atoms with Crippen molar-refractivity contribution < 1.29 is 9.90 Å². The van der Waals surface area contributed by atoms with E-state index in [1.807, 2.05) is 0 Å². The Kier molecular flexibility index (Phi) is 2.25. The summed E-state index contributed by atoms with van der Waals surface area (Å²) in [5, 5.41) is 9.73. The molecule has 2 heterocycles. The molecule has 5 nitrogen and oxygen atoms in total. The van der Waals surface area contributed by atoms with Crippen LogP contribution in [0, 0.1) is 6.92 Å². The Balaban J connectivity index is 2.06. The summed E-state index contributed by atoms with van der Waals surface area (Å²) >= 11 is 1.41. The number of carboxylic acid groups (broad SMARTS) is 1. The number of aromatic carboxylic acids is 1. The highest BCUT2D eigenvalue weighted by Crippen LogP contribution is 2.39. The minimum atomic E-state index is -0.970. The minimum Gasteiger partial charge on any atom is -0.476 e. The smallest absolute Gasteiger partial charge is 0.355 e. The average Bonchev–Trinajstić information content (AvgIpc) is 2.87. The van der Waals surface area contributed by atoms with E-state index < -0.39 is 5.97 Å². The first kappa shape index (κ1) is 10.5. The Morgan fingerprint density at radius 1 is 1.59 bits per heavy atom. The highest BCUT2D eigenvalue weighted by Gasteiger charge is 2.27. The molecule has 0 radical (unpaired) electrons. The Labute approximate surface area is 102 Å². The van der Waals surface area contributed by atoms with Gasteiger partial charge < -0.3 is 9.67 Å². The van der Waals surface area contributed by atoms with Crippen molar-refractivity contribution in [3.8, 4) is 10.7 Å². The van der Waals surface area contributed by atoms with Crippen molar-refractivity contribution in [1.82, 2.24) is 14.5 Å². The van der Waals surface area contributed by atoms with Crippen LogP contribution in [0.5, 0.6) is 0 Å². The maximum Gasteiger partial charge on any atom is 0.355 e. The van der Waals surface area contributed by atoms with E-state index in [-0.39, 0.29) is 5.69 Å². The van der Waals surface area contributed by atoms with Gasteiger partial charge in [0.05, 0.1) is 18.2 Å². The molecule has 1 aliphatic carbocycles. The highest BCUT2D eigenvalue weighted by molar-refractivity contribution is 7.15. The molecule has 1 fully saturated rings. The van der Waals surface area contributed by atoms with Gasteiger partial charge in [-0.2, -0.15) is 0 Å². The zero-order valence-corrected chi connectivity index (χ0v) is 10.1. The van der Waals surface area contributed by atoms with E-state index in [1.54, 1.807) is 19.4 Å². The van der Waals surface area contributed by atoms with Crippen LogP contribution < -0.4 is 0 Å². The summed E-state index contributed by atoms with van der Waals surface area (Å²) in [6, 6.07) is 0.519. The Hall–Kier alpha value is -1.69. The Morgan fingerprint density at radius 3 is 2.94 bits per heavy atom. The van der Waals surface area contributed by atoms with E-state index in [4.69, 9.17) is 5.11 Å². The van der Waals surface area contributed by atoms with Gasteiger partial charge in [0.2, 0.25) is 0 Å². The summed E-state index contributed by atoms with van der Waals surface area (Å²) in [7, 11) is 0. The largest absolute Gasteiger partial charge is 0.476 e. The molecule has 2 aromatic rings. The van der Waals surface area contributed by atoms with Crippen LogP contribution in [0.4, 0.5) is 0 Å². The maximum absolute atomic E-state index is 11.0. The van der Waals surface area contributed by atoms with Gasteiger partial charge in [-0.25, -0.2) is 14.8 Å². The molecule has 0 amide bonds. The second-order valence-corrected chi connectivity index (χ2v) is 5.35. The molecule has 1 N–H and O–H groups in total. The molecule has 0 aromatic carbocycles. The zero-order chi connectivity index (χ0) is 12.0. The molecule has 0 bridgehead atoms. The van der Waals surface area contributed by atoms with Crippen molar-refractivity contribution >= 4 is 17.3 Å². The van der Waals surface area contributed by atoms with E-state index in [9.17, 15) is 4.79 Å². The molecule has 0 saturated heterocycles. The SMILES string of the molecule is Cc1sc(-c2cncn2C2CC2)nc1C(=O)O. The molecule has 6 heteroatoms. The van der Waals surface area contributed by atoms with Crippen molar-refractivity contribution in [2.45, 2.75) is 25.8 Å². The number of rotatable bonds is 3. The number of carbonyl (C=O) groups is 1. The summed E-state index contributed by atoms with van der Waals surface area (Å²) in [6.07, 6.45) is 5.88. The molecule has 17 heavy (non-hydrogen) atoms. The molecule has 88 valence electrons. The lowest BCUT2D eigenvalue weighted by molar-refractivity contribution is 0.0690. The third kappa shape index (κ3) is 1.74. The third-order valence-electron chi connectivity index (χ3n) is 2.82. The number of aromatic nitrogens is 3. The molecule has 2 aromatic heterocycles. The summed E-state index contributed by atoms with van der Waals surface area (Å²) < 4.78 is 2.09. The van der Waals surface area contributed by atoms with Gasteiger partial charge in [-0.05, 0) is 19.8 Å². The first-order valence-electron chi connectivity index (χ1n) is 5.39. The van der Waals surface area contributed by atoms with E-state index in [1.165, 1.54) is 24.2 Å². The summed E-state index contributed by atoms with van der Waals surface area (Å²) in [5.41, 5.74) is 1.07. The van der Waals surface area contributed by atoms with E-state index in [0.717, 1.165) is 15.6 Å². The number of carboxylic acids is 1. The topological polar surface area (TPSA) is 68.0 Å². The first-order chi connectivity index (χ1) is 8.16. The summed E-state index contributed by atoms with van der Waals surface area (Å²) in [6.45, 7) is 1.78. The Bertz CT molecular complexity index is 583. The average molecular weight is 249 g/mol. The molecule has 3 rings (SSSR count). The normalized spacial score (nSPS) is 15.1. The van der Waals surface area contributed by atoms with Crippen LogP contribution in [-0.2, 0) is 0 Å². The molecule has 1 aliphatic rings. The van der Waals surface area contributed by atoms with E-state index in [2.05, 4.69) is 14.5 Å². The van der Waals surface area contributed by atoms with Crippen LogP contribution in [0.1, 0.15) is 34.2 Å². The Morgan fingerprint density at radius 2 is 2.35 bits per heavy atom. The van der Waals surface area contributed by atoms with Crippen LogP contribution in [-0.4, -0.2) is 25.6 Å². The van der Waals surface area contributed by atoms with Crippen molar-refractivity contribution in [3.63, 3.8) is 0 Å². The molecule has 0 unspecified atom stereocenters. The van der Waals surface area contributed by atoms with Crippen LogP contribution in [0.25, 0.3) is 10.7 Å². The summed E-state index contributed by atoms with van der Waals surface area (Å²) in [5.74, 6) is -0.970. The number of nitrogens with zero attached hydrogens (tertiary/aromatic N) is 3. The van der Waals surface area contributed by atoms with Crippen molar-refractivity contribution in [2.24, 2.45) is 0 Å². The fourth-order valence-corrected chi connectivity index (χ4v) is 2.74. The van der Waals surface area contributed by atoms with E-state index in [0.29, 0.717) is 6.04 Å². The number of hydrogen-bond donors (Lipinski definition) is 1. The zero-order valence-electron chi connectivity index (χ0n) is 9.25. The molecule has 1 saturated carbocycles. The van der Waals surface area contributed by atoms with Gasteiger partial charge in [0, 0.05) is 10.9 Å². The summed E-state index contributed by atoms with van der Waals surface area (Å²) in [4.78, 5) is 20.0. The lowest BCUT2D eigenvalue weighted by Crippen LogP contribution is -1.99. The second kappa shape index (κ2) is 3.66. The van der Waals surface area contributed by atoms with Crippen LogP contribution >= 0.6 is 11.3 Å². The van der Waals surface area contributed by atoms with Gasteiger partial charge >= 0.3 is 5.97 Å². The van der Waals surface area contributed by atoms with Crippen LogP contribution in [0.15, 0.2) is 12.5 Å². The number of aryl methyl sites for hydroxylation is 1. The first-order valence-corrected chi connectivity index (χ1v) is 6.21. The van der Waals surface area contributed by atoms with Gasteiger partial charge in [-0.1, -0.05) is 0 Å². The third-order valence-corrected chi connectivity index (χ3v) is 3.82. The predicted octanol–water partition coefficient (Wildman–Crippen LogP) is 2.35. The van der Waals surface area contributed by atoms with Gasteiger partial charge in [0.1, 0.15) is 5.01 Å².